The Morgan fingerprint density at radius 1 is 1.00 bits per heavy atom. The van der Waals surface area contributed by atoms with Gasteiger partial charge in [-0.15, -0.1) is 0 Å². The maximum atomic E-state index is 5.90. The lowest BCUT2D eigenvalue weighted by Crippen LogP contribution is -2.47. The number of hydrogen-bond donors (Lipinski definition) is 0. The molecule has 0 bridgehead atoms. The molecule has 0 spiro atoms. The fourth-order valence-electron chi connectivity index (χ4n) is 2.55. The summed E-state index contributed by atoms with van der Waals surface area (Å²) in [6.07, 6.45) is 0. The molecule has 20 heavy (non-hydrogen) atoms. The second-order valence-corrected chi connectivity index (χ2v) is 6.02. The molecule has 0 atom stereocenters. The first kappa shape index (κ1) is 13.5. The van der Waals surface area contributed by atoms with Gasteiger partial charge in [0, 0.05) is 24.0 Å². The molecule has 4 heteroatoms. The summed E-state index contributed by atoms with van der Waals surface area (Å²) >= 11 is 0. The van der Waals surface area contributed by atoms with Gasteiger partial charge in [-0.2, -0.15) is 0 Å². The largest absolute Gasteiger partial charge is 0.496 e. The third-order valence-corrected chi connectivity index (χ3v) is 3.64. The molecule has 1 heterocycles. The first-order chi connectivity index (χ1) is 9.61. The van der Waals surface area contributed by atoms with E-state index in [9.17, 15) is 0 Å². The Labute approximate surface area is 120 Å². The Morgan fingerprint density at radius 2 is 1.65 bits per heavy atom. The van der Waals surface area contributed by atoms with Crippen LogP contribution >= 0.6 is 0 Å². The van der Waals surface area contributed by atoms with E-state index in [1.54, 1.807) is 7.11 Å². The second kappa shape index (κ2) is 5.11. The van der Waals surface area contributed by atoms with Crippen molar-refractivity contribution >= 4 is 23.4 Å². The van der Waals surface area contributed by atoms with Gasteiger partial charge in [-0.3, -0.25) is 0 Å². The van der Waals surface area contributed by atoms with Crippen molar-refractivity contribution in [1.82, 2.24) is 0 Å². The van der Waals surface area contributed by atoms with Crippen LogP contribution in [0.2, 0.25) is 0 Å². The molecule has 3 nitrogen and oxygen atoms in total. The molecule has 1 saturated heterocycles. The first-order valence-electron chi connectivity index (χ1n) is 6.89. The van der Waals surface area contributed by atoms with E-state index in [0.717, 1.165) is 22.0 Å². The highest BCUT2D eigenvalue weighted by Crippen LogP contribution is 2.26. The van der Waals surface area contributed by atoms with Gasteiger partial charge in [0.05, 0.1) is 7.11 Å². The molecule has 0 N–H and O–H groups in total. The molecule has 0 saturated carbocycles. The predicted molar refractivity (Wildman–Crippen MR) is 81.6 cm³/mol. The summed E-state index contributed by atoms with van der Waals surface area (Å²) in [6, 6.07) is 12.2. The summed E-state index contributed by atoms with van der Waals surface area (Å²) in [5.74, 6) is 0.875. The molecule has 1 aliphatic rings. The SMILES string of the molecule is COc1ccc(B2OCC(C)(C)CO2)c2ccccc12. The maximum absolute atomic E-state index is 5.90. The van der Waals surface area contributed by atoms with Crippen LogP contribution in [0, 0.1) is 5.41 Å². The smallest absolute Gasteiger partial charge is 0.494 e. The predicted octanol–water partition coefficient (Wildman–Crippen LogP) is 2.62. The quantitative estimate of drug-likeness (QED) is 0.785. The van der Waals surface area contributed by atoms with Gasteiger partial charge in [-0.05, 0) is 16.9 Å². The van der Waals surface area contributed by atoms with E-state index in [4.69, 9.17) is 14.0 Å². The van der Waals surface area contributed by atoms with Gasteiger partial charge < -0.3 is 14.0 Å². The van der Waals surface area contributed by atoms with Gasteiger partial charge in [-0.1, -0.05) is 44.2 Å². The summed E-state index contributed by atoms with van der Waals surface area (Å²) in [4.78, 5) is 0. The maximum Gasteiger partial charge on any atom is 0.494 e. The van der Waals surface area contributed by atoms with Crippen molar-refractivity contribution < 1.29 is 14.0 Å². The first-order valence-corrected chi connectivity index (χ1v) is 6.89. The molecule has 2 aromatic carbocycles. The van der Waals surface area contributed by atoms with Crippen molar-refractivity contribution in [2.24, 2.45) is 5.41 Å². The van der Waals surface area contributed by atoms with Crippen LogP contribution in [-0.2, 0) is 9.31 Å². The number of methoxy groups -OCH3 is 1. The van der Waals surface area contributed by atoms with Crippen LogP contribution < -0.4 is 10.2 Å². The molecule has 0 radical (unpaired) electrons. The van der Waals surface area contributed by atoms with E-state index in [1.165, 1.54) is 0 Å². The molecule has 104 valence electrons. The lowest BCUT2D eigenvalue weighted by Gasteiger charge is -2.33. The zero-order valence-corrected chi connectivity index (χ0v) is 12.2. The molecule has 2 aromatic rings. The van der Waals surface area contributed by atoms with Gasteiger partial charge in [0.15, 0.2) is 0 Å². The minimum Gasteiger partial charge on any atom is -0.496 e. The molecule has 0 aliphatic carbocycles. The van der Waals surface area contributed by atoms with Crippen molar-refractivity contribution in [2.75, 3.05) is 20.3 Å². The Bertz CT molecular complexity index is 614. The monoisotopic (exact) mass is 270 g/mol. The summed E-state index contributed by atoms with van der Waals surface area (Å²) in [5.41, 5.74) is 1.15. The van der Waals surface area contributed by atoms with Crippen LogP contribution in [0.3, 0.4) is 0 Å². The minimum atomic E-state index is -0.293. The van der Waals surface area contributed by atoms with Gasteiger partial charge in [0.1, 0.15) is 5.75 Å². The van der Waals surface area contributed by atoms with E-state index in [2.05, 4.69) is 26.0 Å². The topological polar surface area (TPSA) is 27.7 Å². The molecule has 0 unspecified atom stereocenters. The highest BCUT2D eigenvalue weighted by Gasteiger charge is 2.34. The second-order valence-electron chi connectivity index (χ2n) is 6.02. The lowest BCUT2D eigenvalue weighted by atomic mass is 9.73. The van der Waals surface area contributed by atoms with Crippen LogP contribution in [0.25, 0.3) is 10.8 Å². The van der Waals surface area contributed by atoms with E-state index in [1.807, 2.05) is 24.3 Å². The Kier molecular flexibility index (Phi) is 3.44. The third-order valence-electron chi connectivity index (χ3n) is 3.64. The summed E-state index contributed by atoms with van der Waals surface area (Å²) < 4.78 is 17.2. The summed E-state index contributed by atoms with van der Waals surface area (Å²) in [6.45, 7) is 5.71. The standard InChI is InChI=1S/C16H19BO3/c1-16(2)10-19-17(20-11-16)14-8-9-15(18-3)13-7-5-4-6-12(13)14/h4-9H,10-11H2,1-3H3. The van der Waals surface area contributed by atoms with Crippen molar-refractivity contribution in [3.8, 4) is 5.75 Å². The van der Waals surface area contributed by atoms with E-state index < -0.39 is 0 Å². The molecule has 1 fully saturated rings. The van der Waals surface area contributed by atoms with Gasteiger partial charge >= 0.3 is 7.12 Å². The molecule has 0 amide bonds. The number of ether oxygens (including phenoxy) is 1. The molecule has 3 rings (SSSR count). The zero-order chi connectivity index (χ0) is 14.2. The van der Waals surface area contributed by atoms with Crippen molar-refractivity contribution in [3.05, 3.63) is 36.4 Å². The van der Waals surface area contributed by atoms with E-state index in [0.29, 0.717) is 13.2 Å². The summed E-state index contributed by atoms with van der Waals surface area (Å²) in [5, 5.41) is 2.21. The molecule has 1 aliphatic heterocycles. The highest BCUT2D eigenvalue weighted by molar-refractivity contribution is 6.64. The van der Waals surface area contributed by atoms with E-state index >= 15 is 0 Å². The zero-order valence-electron chi connectivity index (χ0n) is 12.2. The Morgan fingerprint density at radius 3 is 2.30 bits per heavy atom. The average Bonchev–Trinajstić information content (AvgIpc) is 2.46. The fourth-order valence-corrected chi connectivity index (χ4v) is 2.55. The molecular weight excluding hydrogens is 251 g/mol. The van der Waals surface area contributed by atoms with Crippen molar-refractivity contribution in [3.63, 3.8) is 0 Å². The fraction of sp³-hybridized carbons (Fsp3) is 0.375. The molecule has 0 aromatic heterocycles. The van der Waals surface area contributed by atoms with Gasteiger partial charge in [0.25, 0.3) is 0 Å². The Hall–Kier alpha value is -1.52. The van der Waals surface area contributed by atoms with Crippen molar-refractivity contribution in [2.45, 2.75) is 13.8 Å². The van der Waals surface area contributed by atoms with Crippen LogP contribution in [0.1, 0.15) is 13.8 Å². The van der Waals surface area contributed by atoms with Crippen LogP contribution in [0.5, 0.6) is 5.75 Å². The van der Waals surface area contributed by atoms with E-state index in [-0.39, 0.29) is 12.5 Å². The Balaban J connectivity index is 2.01. The van der Waals surface area contributed by atoms with Crippen LogP contribution in [0.15, 0.2) is 36.4 Å². The number of benzene rings is 2. The number of fused-ring (bicyclic) bond motifs is 1. The number of hydrogen-bond acceptors (Lipinski definition) is 3. The van der Waals surface area contributed by atoms with Crippen LogP contribution in [-0.4, -0.2) is 27.4 Å². The highest BCUT2D eigenvalue weighted by atomic mass is 16.6. The van der Waals surface area contributed by atoms with Crippen molar-refractivity contribution in [1.29, 1.82) is 0 Å². The minimum absolute atomic E-state index is 0.0821. The molecular formula is C16H19BO3. The van der Waals surface area contributed by atoms with Gasteiger partial charge in [0.2, 0.25) is 0 Å². The normalized spacial score (nSPS) is 18.2. The van der Waals surface area contributed by atoms with Crippen LogP contribution in [0.4, 0.5) is 0 Å². The third kappa shape index (κ3) is 2.41. The average molecular weight is 270 g/mol. The summed E-state index contributed by atoms with van der Waals surface area (Å²) in [7, 11) is 1.40. The lowest BCUT2D eigenvalue weighted by molar-refractivity contribution is 0.0344. The number of rotatable bonds is 2. The van der Waals surface area contributed by atoms with Gasteiger partial charge in [-0.25, -0.2) is 0 Å².